The van der Waals surface area contributed by atoms with E-state index in [1.165, 1.54) is 25.7 Å². The van der Waals surface area contributed by atoms with Crippen LogP contribution in [0.3, 0.4) is 0 Å². The van der Waals surface area contributed by atoms with Crippen LogP contribution in [0.2, 0.25) is 0 Å². The molecule has 0 spiro atoms. The summed E-state index contributed by atoms with van der Waals surface area (Å²) in [5.41, 5.74) is 0. The van der Waals surface area contributed by atoms with E-state index < -0.39 is 0 Å². The average molecular weight is 237 g/mol. The topological polar surface area (TPSA) is 34.4 Å². The molecule has 1 saturated heterocycles. The van der Waals surface area contributed by atoms with Crippen LogP contribution in [-0.4, -0.2) is 19.8 Å². The molecule has 17 heavy (non-hydrogen) atoms. The van der Waals surface area contributed by atoms with Crippen LogP contribution in [0.4, 0.5) is 0 Å². The summed E-state index contributed by atoms with van der Waals surface area (Å²) >= 11 is 0. The maximum atomic E-state index is 5.67. The Morgan fingerprint density at radius 2 is 2.35 bits per heavy atom. The van der Waals surface area contributed by atoms with Crippen LogP contribution in [0.15, 0.2) is 16.5 Å². The quantitative estimate of drug-likeness (QED) is 0.825. The van der Waals surface area contributed by atoms with Crippen LogP contribution in [0.25, 0.3) is 0 Å². The summed E-state index contributed by atoms with van der Waals surface area (Å²) in [6.45, 7) is 2.94. The molecule has 1 aromatic rings. The first-order chi connectivity index (χ1) is 8.29. The van der Waals surface area contributed by atoms with Gasteiger partial charge in [0, 0.05) is 6.61 Å². The van der Waals surface area contributed by atoms with Gasteiger partial charge < -0.3 is 14.5 Å². The van der Waals surface area contributed by atoms with Gasteiger partial charge in [0.1, 0.15) is 11.5 Å². The van der Waals surface area contributed by atoms with Crippen molar-refractivity contribution in [1.29, 1.82) is 0 Å². The highest BCUT2D eigenvalue weighted by Crippen LogP contribution is 2.24. The van der Waals surface area contributed by atoms with E-state index in [9.17, 15) is 0 Å². The highest BCUT2D eigenvalue weighted by molar-refractivity contribution is 5.09. The van der Waals surface area contributed by atoms with Crippen molar-refractivity contribution in [3.05, 3.63) is 23.7 Å². The minimum Gasteiger partial charge on any atom is -0.465 e. The molecule has 2 heterocycles. The van der Waals surface area contributed by atoms with Crippen molar-refractivity contribution in [2.45, 2.75) is 51.2 Å². The van der Waals surface area contributed by atoms with Crippen LogP contribution < -0.4 is 5.32 Å². The predicted molar refractivity (Wildman–Crippen MR) is 68.1 cm³/mol. The van der Waals surface area contributed by atoms with Gasteiger partial charge in [0.05, 0.1) is 12.1 Å². The fourth-order valence-corrected chi connectivity index (χ4v) is 2.49. The Labute approximate surface area is 104 Å². The Kier molecular flexibility index (Phi) is 4.63. The van der Waals surface area contributed by atoms with Gasteiger partial charge >= 0.3 is 0 Å². The highest BCUT2D eigenvalue weighted by Gasteiger charge is 2.17. The zero-order chi connectivity index (χ0) is 12.1. The van der Waals surface area contributed by atoms with Crippen LogP contribution in [-0.2, 0) is 4.74 Å². The van der Waals surface area contributed by atoms with E-state index in [0.29, 0.717) is 12.1 Å². The van der Waals surface area contributed by atoms with E-state index in [4.69, 9.17) is 9.15 Å². The number of furan rings is 1. The molecule has 0 aromatic carbocycles. The van der Waals surface area contributed by atoms with Crippen molar-refractivity contribution in [2.24, 2.45) is 0 Å². The number of hydrogen-bond donors (Lipinski definition) is 1. The SMILES string of the molecule is CNC(CCCC1CCCO1)c1ccc(C)o1. The van der Waals surface area contributed by atoms with Crippen molar-refractivity contribution >= 4 is 0 Å². The number of nitrogens with one attached hydrogen (secondary N) is 1. The molecular formula is C14H23NO2. The smallest absolute Gasteiger partial charge is 0.121 e. The molecule has 2 atom stereocenters. The predicted octanol–water partition coefficient (Wildman–Crippen LogP) is 3.20. The van der Waals surface area contributed by atoms with E-state index >= 15 is 0 Å². The van der Waals surface area contributed by atoms with E-state index in [1.54, 1.807) is 0 Å². The molecule has 0 aliphatic carbocycles. The van der Waals surface area contributed by atoms with Crippen LogP contribution in [0, 0.1) is 6.92 Å². The van der Waals surface area contributed by atoms with E-state index in [1.807, 2.05) is 20.0 Å². The molecular weight excluding hydrogens is 214 g/mol. The van der Waals surface area contributed by atoms with E-state index in [-0.39, 0.29) is 0 Å². The number of hydrogen-bond acceptors (Lipinski definition) is 3. The summed E-state index contributed by atoms with van der Waals surface area (Å²) in [5.74, 6) is 2.04. The molecule has 1 aliphatic rings. The average Bonchev–Trinajstić information content (AvgIpc) is 2.96. The third kappa shape index (κ3) is 3.58. The molecule has 0 radical (unpaired) electrons. The number of aryl methyl sites for hydroxylation is 1. The molecule has 0 saturated carbocycles. The molecule has 1 fully saturated rings. The van der Waals surface area contributed by atoms with Crippen LogP contribution in [0.1, 0.15) is 49.7 Å². The van der Waals surface area contributed by atoms with Gasteiger partial charge in [0.25, 0.3) is 0 Å². The molecule has 2 unspecified atom stereocenters. The highest BCUT2D eigenvalue weighted by atomic mass is 16.5. The Morgan fingerprint density at radius 1 is 1.47 bits per heavy atom. The van der Waals surface area contributed by atoms with Gasteiger partial charge in [-0.25, -0.2) is 0 Å². The third-order valence-electron chi connectivity index (χ3n) is 3.50. The normalized spacial score (nSPS) is 21.9. The second kappa shape index (κ2) is 6.22. The summed E-state index contributed by atoms with van der Waals surface area (Å²) < 4.78 is 11.3. The summed E-state index contributed by atoms with van der Waals surface area (Å²) in [6.07, 6.45) is 6.46. The Morgan fingerprint density at radius 3 is 2.94 bits per heavy atom. The summed E-state index contributed by atoms with van der Waals surface area (Å²) in [7, 11) is 1.99. The summed E-state index contributed by atoms with van der Waals surface area (Å²) in [4.78, 5) is 0. The van der Waals surface area contributed by atoms with Crippen molar-refractivity contribution < 1.29 is 9.15 Å². The lowest BCUT2D eigenvalue weighted by molar-refractivity contribution is 0.101. The first-order valence-corrected chi connectivity index (χ1v) is 6.65. The van der Waals surface area contributed by atoms with Crippen molar-refractivity contribution in [3.8, 4) is 0 Å². The van der Waals surface area contributed by atoms with Crippen molar-refractivity contribution in [3.63, 3.8) is 0 Å². The van der Waals surface area contributed by atoms with Gasteiger partial charge in [0.15, 0.2) is 0 Å². The first-order valence-electron chi connectivity index (χ1n) is 6.65. The van der Waals surface area contributed by atoms with E-state index in [2.05, 4.69) is 11.4 Å². The molecule has 3 heteroatoms. The van der Waals surface area contributed by atoms with E-state index in [0.717, 1.165) is 24.5 Å². The second-order valence-corrected chi connectivity index (χ2v) is 4.86. The number of rotatable bonds is 6. The van der Waals surface area contributed by atoms with Crippen LogP contribution in [0.5, 0.6) is 0 Å². The van der Waals surface area contributed by atoms with Gasteiger partial charge in [-0.15, -0.1) is 0 Å². The largest absolute Gasteiger partial charge is 0.465 e. The van der Waals surface area contributed by atoms with Gasteiger partial charge in [-0.05, 0) is 58.2 Å². The monoisotopic (exact) mass is 237 g/mol. The third-order valence-corrected chi connectivity index (χ3v) is 3.50. The minimum atomic E-state index is 0.338. The fourth-order valence-electron chi connectivity index (χ4n) is 2.49. The Hall–Kier alpha value is -0.800. The fraction of sp³-hybridized carbons (Fsp3) is 0.714. The minimum absolute atomic E-state index is 0.338. The van der Waals surface area contributed by atoms with Gasteiger partial charge in [-0.3, -0.25) is 0 Å². The molecule has 3 nitrogen and oxygen atoms in total. The molecule has 0 bridgehead atoms. The zero-order valence-electron chi connectivity index (χ0n) is 10.9. The summed E-state index contributed by atoms with van der Waals surface area (Å²) in [5, 5.41) is 3.32. The first kappa shape index (κ1) is 12.7. The number of ether oxygens (including phenoxy) is 1. The molecule has 1 aromatic heterocycles. The molecule has 1 N–H and O–H groups in total. The zero-order valence-corrected chi connectivity index (χ0v) is 10.9. The standard InChI is InChI=1S/C14H23NO2/c1-11-8-9-14(17-11)13(15-2)7-3-5-12-6-4-10-16-12/h8-9,12-13,15H,3-7,10H2,1-2H3. The maximum absolute atomic E-state index is 5.67. The maximum Gasteiger partial charge on any atom is 0.121 e. The lowest BCUT2D eigenvalue weighted by atomic mass is 10.0. The Bertz CT molecular complexity index is 329. The van der Waals surface area contributed by atoms with Gasteiger partial charge in [-0.2, -0.15) is 0 Å². The van der Waals surface area contributed by atoms with Crippen molar-refractivity contribution in [1.82, 2.24) is 5.32 Å². The molecule has 0 amide bonds. The van der Waals surface area contributed by atoms with Gasteiger partial charge in [0.2, 0.25) is 0 Å². The van der Waals surface area contributed by atoms with Crippen molar-refractivity contribution in [2.75, 3.05) is 13.7 Å². The van der Waals surface area contributed by atoms with Gasteiger partial charge in [-0.1, -0.05) is 0 Å². The lowest BCUT2D eigenvalue weighted by Crippen LogP contribution is -2.16. The molecule has 1 aliphatic heterocycles. The van der Waals surface area contributed by atoms with Crippen LogP contribution >= 0.6 is 0 Å². The lowest BCUT2D eigenvalue weighted by Gasteiger charge is -2.15. The second-order valence-electron chi connectivity index (χ2n) is 4.86. The molecule has 96 valence electrons. The Balaban J connectivity index is 1.75. The summed E-state index contributed by atoms with van der Waals surface area (Å²) in [6, 6.07) is 4.44. The molecule has 2 rings (SSSR count).